The summed E-state index contributed by atoms with van der Waals surface area (Å²) in [5.74, 6) is -11.2. The van der Waals surface area contributed by atoms with Gasteiger partial charge in [-0.3, -0.25) is 14.6 Å². The summed E-state index contributed by atoms with van der Waals surface area (Å²) in [6, 6.07) is 4.23. The normalized spacial score (nSPS) is 40.8. The van der Waals surface area contributed by atoms with E-state index in [1.54, 1.807) is 6.92 Å². The maximum atomic E-state index is 13.9. The monoisotopic (exact) mass is 677 g/mol. The number of aliphatic hydroxyl groups excluding tert-OH is 2. The smallest absolute Gasteiger partial charge is 0.493 e. The number of hydrogen-bond acceptors (Lipinski definition) is 14. The lowest BCUT2D eigenvalue weighted by Gasteiger charge is -2.47. The Kier molecular flexibility index (Phi) is 5.75. The second kappa shape index (κ2) is 11.8. The van der Waals surface area contributed by atoms with Gasteiger partial charge in [-0.2, -0.15) is 0 Å². The Hall–Kier alpha value is -3.18. The van der Waals surface area contributed by atoms with Gasteiger partial charge in [-0.1, -0.05) is 0 Å². The fourth-order valence-corrected chi connectivity index (χ4v) is 6.71. The Labute approximate surface area is 274 Å². The lowest BCUT2D eigenvalue weighted by molar-refractivity contribution is -0.364. The average Bonchev–Trinajstić information content (AvgIpc) is 3.56. The van der Waals surface area contributed by atoms with Crippen LogP contribution in [0.25, 0.3) is 0 Å². The predicted molar refractivity (Wildman–Crippen MR) is 149 cm³/mol. The number of esters is 1. The Balaban J connectivity index is 1.44. The van der Waals surface area contributed by atoms with Gasteiger partial charge in [-0.15, -0.1) is 0 Å². The Morgan fingerprint density at radius 3 is 2.37 bits per heavy atom. The topological polar surface area (TPSA) is 207 Å². The number of rotatable bonds is 7. The van der Waals surface area contributed by atoms with Crippen LogP contribution < -0.4 is 23.5 Å². The van der Waals surface area contributed by atoms with Crippen LogP contribution in [-0.4, -0.2) is 97.0 Å². The number of hydrogen-bond donors (Lipinski definition) is 4. The Morgan fingerprint density at radius 2 is 1.70 bits per heavy atom. The SMILES string of the molecule is [2H]C([2H])([2H])Oc1cc([C@@H]2c3cc4c(cc3[C@@H](O[C@@H]3O[C@@H]5CO[C@@H](C)O[C@H]5[C@H](O)[C@H]3O)[C@H]3C([2H])([2H])OC(=O)[C@]23[2H])OCO4)cc(OC([2H])([2H])[2H])c1OP(=O)(O)O. The summed E-state index contributed by atoms with van der Waals surface area (Å²) >= 11 is 0. The molecule has 3 fully saturated rings. The van der Waals surface area contributed by atoms with Crippen molar-refractivity contribution in [3.63, 3.8) is 0 Å². The van der Waals surface area contributed by atoms with Crippen LogP contribution >= 0.6 is 7.82 Å². The number of ether oxygens (including phenoxy) is 9. The van der Waals surface area contributed by atoms with E-state index in [9.17, 15) is 30.7 Å². The molecule has 4 aliphatic heterocycles. The van der Waals surface area contributed by atoms with Crippen molar-refractivity contribution in [1.82, 2.24) is 0 Å². The minimum atomic E-state index is -5.59. The van der Waals surface area contributed by atoms with Crippen molar-refractivity contribution in [2.75, 3.05) is 34.0 Å². The van der Waals surface area contributed by atoms with Crippen LogP contribution in [0.3, 0.4) is 0 Å². The number of benzene rings is 2. The number of fused-ring (bicyclic) bond motifs is 4. The molecule has 0 saturated carbocycles. The fraction of sp³-hybridized carbons (Fsp3) is 0.552. The summed E-state index contributed by atoms with van der Waals surface area (Å²) in [4.78, 5) is 33.2. The minimum absolute atomic E-state index is 0.0198. The van der Waals surface area contributed by atoms with Crippen molar-refractivity contribution in [2.24, 2.45) is 11.8 Å². The molecule has 0 radical (unpaired) electrons. The maximum Gasteiger partial charge on any atom is 0.525 e. The molecule has 250 valence electrons. The molecular formula is C29H33O16P. The summed E-state index contributed by atoms with van der Waals surface area (Å²) in [6.45, 7) is -1.87. The van der Waals surface area contributed by atoms with Crippen molar-refractivity contribution >= 4 is 13.8 Å². The zero-order chi connectivity index (χ0) is 40.2. The van der Waals surface area contributed by atoms with Crippen LogP contribution in [0.1, 0.15) is 48.0 Å². The van der Waals surface area contributed by atoms with Crippen molar-refractivity contribution in [3.05, 3.63) is 41.0 Å². The molecule has 7 rings (SSSR count). The molecule has 16 nitrogen and oxygen atoms in total. The molecule has 1 aliphatic carbocycles. The second-order valence-electron chi connectivity index (χ2n) is 10.9. The molecule has 0 unspecified atom stereocenters. The number of aliphatic hydroxyl groups is 2. The van der Waals surface area contributed by atoms with E-state index in [1.807, 2.05) is 0 Å². The second-order valence-corrected chi connectivity index (χ2v) is 12.1. The van der Waals surface area contributed by atoms with Gasteiger partial charge >= 0.3 is 13.8 Å². The van der Waals surface area contributed by atoms with Gasteiger partial charge in [0, 0.05) is 13.2 Å². The highest BCUT2D eigenvalue weighted by Gasteiger charge is 2.56. The van der Waals surface area contributed by atoms with E-state index >= 15 is 0 Å². The summed E-state index contributed by atoms with van der Waals surface area (Å²) < 4.78 is 140. The summed E-state index contributed by atoms with van der Waals surface area (Å²) in [6.07, 6.45) is -9.72. The van der Waals surface area contributed by atoms with Crippen molar-refractivity contribution in [3.8, 4) is 28.7 Å². The first-order valence-corrected chi connectivity index (χ1v) is 15.3. The van der Waals surface area contributed by atoms with Crippen molar-refractivity contribution < 1.29 is 88.9 Å². The summed E-state index contributed by atoms with van der Waals surface area (Å²) in [5, 5.41) is 22.2. The van der Waals surface area contributed by atoms with E-state index in [0.29, 0.717) is 0 Å². The predicted octanol–water partition coefficient (Wildman–Crippen LogP) is 1.10. The molecule has 17 heteroatoms. The molecule has 4 heterocycles. The van der Waals surface area contributed by atoms with E-state index in [2.05, 4.69) is 4.52 Å². The van der Waals surface area contributed by atoms with Gasteiger partial charge in [0.05, 0.1) is 50.2 Å². The van der Waals surface area contributed by atoms with Crippen LogP contribution in [0, 0.1) is 11.8 Å². The van der Waals surface area contributed by atoms with Gasteiger partial charge < -0.3 is 57.4 Å². The molecule has 5 aliphatic rings. The zero-order valence-corrected chi connectivity index (χ0v) is 24.4. The van der Waals surface area contributed by atoms with Crippen molar-refractivity contribution in [1.29, 1.82) is 0 Å². The number of methoxy groups -OCH3 is 2. The molecule has 0 bridgehead atoms. The molecule has 3 saturated heterocycles. The number of cyclic esters (lactones) is 1. The van der Waals surface area contributed by atoms with Crippen LogP contribution in [0.5, 0.6) is 28.7 Å². The van der Waals surface area contributed by atoms with E-state index in [-0.39, 0.29) is 41.6 Å². The van der Waals surface area contributed by atoms with E-state index in [4.69, 9.17) is 53.6 Å². The fourth-order valence-electron chi connectivity index (χ4n) is 6.30. The number of carbonyl (C=O) groups excluding carboxylic acids is 1. The zero-order valence-electron chi connectivity index (χ0n) is 32.6. The molecule has 10 atom stereocenters. The van der Waals surface area contributed by atoms with Gasteiger partial charge in [-0.05, 0) is 47.9 Å². The molecule has 2 aromatic carbocycles. The average molecular weight is 678 g/mol. The molecule has 4 N–H and O–H groups in total. The molecule has 0 aromatic heterocycles. The van der Waals surface area contributed by atoms with E-state index in [0.717, 1.165) is 12.1 Å². The van der Waals surface area contributed by atoms with Gasteiger partial charge in [-0.25, -0.2) is 4.57 Å². The first-order chi connectivity index (χ1) is 25.4. The first kappa shape index (κ1) is 22.4. The highest BCUT2D eigenvalue weighted by Crippen LogP contribution is 2.57. The largest absolute Gasteiger partial charge is 0.525 e. The van der Waals surface area contributed by atoms with Gasteiger partial charge in [0.1, 0.15) is 24.4 Å². The molecule has 2 aromatic rings. The van der Waals surface area contributed by atoms with Crippen LogP contribution in [0.2, 0.25) is 0 Å². The number of phosphoric acid groups is 1. The third-order valence-electron chi connectivity index (χ3n) is 8.23. The highest BCUT2D eigenvalue weighted by molar-refractivity contribution is 7.46. The summed E-state index contributed by atoms with van der Waals surface area (Å²) in [5.41, 5.74) is -0.475. The molecule has 46 heavy (non-hydrogen) atoms. The number of carbonyl (C=O) groups is 1. The Morgan fingerprint density at radius 1 is 1.00 bits per heavy atom. The van der Waals surface area contributed by atoms with Crippen LogP contribution in [-0.2, 0) is 33.0 Å². The highest BCUT2D eigenvalue weighted by atomic mass is 31.2. The van der Waals surface area contributed by atoms with Gasteiger partial charge in [0.2, 0.25) is 12.5 Å². The van der Waals surface area contributed by atoms with Gasteiger partial charge in [0.15, 0.2) is 35.6 Å². The lowest BCUT2D eigenvalue weighted by Crippen LogP contribution is -2.63. The molecular weight excluding hydrogens is 635 g/mol. The van der Waals surface area contributed by atoms with E-state index < -0.39 is 113 Å². The third kappa shape index (κ3) is 5.37. The lowest BCUT2D eigenvalue weighted by atomic mass is 9.66. The Bertz CT molecular complexity index is 1870. The summed E-state index contributed by atoms with van der Waals surface area (Å²) in [7, 11) is -12.3. The van der Waals surface area contributed by atoms with Crippen LogP contribution in [0.15, 0.2) is 24.3 Å². The van der Waals surface area contributed by atoms with E-state index in [1.165, 1.54) is 12.1 Å². The standard InChI is InChI=1S/C29H33O16P/c1-11-38-9-20-27(42-11)23(30)24(31)29(43-20)44-25-14-7-17-16(40-10-41-17)6-13(14)21(22-15(25)8-39-28(22)32)12-4-18(36-2)26(19(5-12)37-3)45-46(33,34)35/h4-7,11,15,20-25,27,29-31H,8-10H2,1-3H3,(H2,33,34,35)/t11-,15+,20-,21-,22+,23-,24-,25-,27-,29+/m1/s1/i2D3,3D3,8D2,22D. The maximum absolute atomic E-state index is 13.9. The van der Waals surface area contributed by atoms with Gasteiger partial charge in [0.25, 0.3) is 0 Å². The quantitative estimate of drug-likeness (QED) is 0.239. The third-order valence-corrected chi connectivity index (χ3v) is 8.65. The minimum Gasteiger partial charge on any atom is -0.493 e. The van der Waals surface area contributed by atoms with Crippen molar-refractivity contribution in [2.45, 2.75) is 55.9 Å². The molecule has 0 spiro atoms. The first-order valence-electron chi connectivity index (χ1n) is 18.3. The number of phosphoric ester groups is 1. The molecule has 0 amide bonds. The van der Waals surface area contributed by atoms with Crippen LogP contribution in [0.4, 0.5) is 0 Å².